The molecule has 0 bridgehead atoms. The maximum Gasteiger partial charge on any atom is 0.124 e. The van der Waals surface area contributed by atoms with E-state index >= 15 is 0 Å². The lowest BCUT2D eigenvalue weighted by molar-refractivity contribution is 0.177. The Balaban J connectivity index is 2.14. The highest BCUT2D eigenvalue weighted by Gasteiger charge is 2.15. The van der Waals surface area contributed by atoms with Crippen molar-refractivity contribution in [1.29, 1.82) is 0 Å². The van der Waals surface area contributed by atoms with Crippen LogP contribution in [0.5, 0.6) is 0 Å². The van der Waals surface area contributed by atoms with Crippen molar-refractivity contribution in [3.05, 3.63) is 68.5 Å². The molecule has 112 valence electrons. The molecule has 0 radical (unpaired) electrons. The Morgan fingerprint density at radius 2 is 1.71 bits per heavy atom. The number of benzene rings is 2. The van der Waals surface area contributed by atoms with Gasteiger partial charge < -0.3 is 5.11 Å². The maximum absolute atomic E-state index is 13.1. The highest BCUT2D eigenvalue weighted by atomic mass is 127. The van der Waals surface area contributed by atoms with Gasteiger partial charge in [0.1, 0.15) is 5.82 Å². The van der Waals surface area contributed by atoms with E-state index in [4.69, 9.17) is 0 Å². The molecule has 2 aromatic rings. The largest absolute Gasteiger partial charge is 0.388 e. The van der Waals surface area contributed by atoms with Crippen molar-refractivity contribution in [1.82, 2.24) is 0 Å². The van der Waals surface area contributed by atoms with Gasteiger partial charge in [0.05, 0.1) is 6.10 Å². The highest BCUT2D eigenvalue weighted by molar-refractivity contribution is 14.1. The van der Waals surface area contributed by atoms with Gasteiger partial charge in [0.15, 0.2) is 0 Å². The molecule has 0 saturated carbocycles. The van der Waals surface area contributed by atoms with Crippen LogP contribution in [0, 0.1) is 9.39 Å². The Morgan fingerprint density at radius 3 is 2.24 bits per heavy atom. The van der Waals surface area contributed by atoms with Crippen LogP contribution in [-0.4, -0.2) is 5.11 Å². The number of aliphatic hydroxyl groups excluding tert-OH is 1. The third-order valence-electron chi connectivity index (χ3n) is 3.57. The Hall–Kier alpha value is -0.940. The van der Waals surface area contributed by atoms with E-state index in [0.29, 0.717) is 6.42 Å². The molecule has 21 heavy (non-hydrogen) atoms. The normalized spacial score (nSPS) is 13.2. The number of hydrogen-bond acceptors (Lipinski definition) is 1. The van der Waals surface area contributed by atoms with Crippen molar-refractivity contribution >= 4 is 22.6 Å². The summed E-state index contributed by atoms with van der Waals surface area (Å²) in [5.41, 5.74) is 3.26. The Kier molecular flexibility index (Phi) is 5.04. The van der Waals surface area contributed by atoms with Crippen LogP contribution < -0.4 is 0 Å². The topological polar surface area (TPSA) is 20.2 Å². The zero-order valence-corrected chi connectivity index (χ0v) is 14.7. The monoisotopic (exact) mass is 398 g/mol. The first-order chi connectivity index (χ1) is 9.77. The Bertz CT molecular complexity index is 614. The van der Waals surface area contributed by atoms with E-state index in [2.05, 4.69) is 67.6 Å². The molecule has 0 aliphatic rings. The van der Waals surface area contributed by atoms with Crippen LogP contribution in [0.15, 0.2) is 42.5 Å². The van der Waals surface area contributed by atoms with E-state index in [1.165, 1.54) is 17.7 Å². The van der Waals surface area contributed by atoms with Crippen LogP contribution in [0.1, 0.15) is 43.6 Å². The summed E-state index contributed by atoms with van der Waals surface area (Å²) in [5, 5.41) is 10.3. The maximum atomic E-state index is 13.1. The average Bonchev–Trinajstić information content (AvgIpc) is 2.38. The molecule has 0 spiro atoms. The second kappa shape index (κ2) is 6.44. The van der Waals surface area contributed by atoms with Gasteiger partial charge in [0.25, 0.3) is 0 Å². The van der Waals surface area contributed by atoms with Gasteiger partial charge in [-0.2, -0.15) is 0 Å². The fourth-order valence-corrected chi connectivity index (χ4v) is 3.08. The van der Waals surface area contributed by atoms with Crippen molar-refractivity contribution in [2.75, 3.05) is 0 Å². The third kappa shape index (κ3) is 4.27. The molecule has 0 fully saturated rings. The molecule has 0 aliphatic heterocycles. The molecule has 0 saturated heterocycles. The van der Waals surface area contributed by atoms with Crippen LogP contribution in [0.2, 0.25) is 0 Å². The molecular formula is C18H20FIO. The van der Waals surface area contributed by atoms with E-state index in [-0.39, 0.29) is 11.2 Å². The van der Waals surface area contributed by atoms with Crippen molar-refractivity contribution in [2.45, 2.75) is 38.7 Å². The lowest BCUT2D eigenvalue weighted by Gasteiger charge is -2.19. The van der Waals surface area contributed by atoms with E-state index in [1.807, 2.05) is 0 Å². The average molecular weight is 398 g/mol. The minimum atomic E-state index is -0.613. The van der Waals surface area contributed by atoms with Gasteiger partial charge in [0, 0.05) is 9.99 Å². The van der Waals surface area contributed by atoms with Crippen LogP contribution in [-0.2, 0) is 11.8 Å². The van der Waals surface area contributed by atoms with Gasteiger partial charge in [0.2, 0.25) is 0 Å². The van der Waals surface area contributed by atoms with E-state index in [9.17, 15) is 9.50 Å². The van der Waals surface area contributed by atoms with E-state index < -0.39 is 6.10 Å². The lowest BCUT2D eigenvalue weighted by Crippen LogP contribution is -2.11. The number of aliphatic hydroxyl groups is 1. The van der Waals surface area contributed by atoms with Crippen molar-refractivity contribution in [2.24, 2.45) is 0 Å². The van der Waals surface area contributed by atoms with Crippen LogP contribution >= 0.6 is 22.6 Å². The number of rotatable bonds is 3. The summed E-state index contributed by atoms with van der Waals surface area (Å²) in [6.07, 6.45) is -0.0792. The van der Waals surface area contributed by atoms with Crippen molar-refractivity contribution in [3.8, 4) is 0 Å². The molecular weight excluding hydrogens is 378 g/mol. The summed E-state index contributed by atoms with van der Waals surface area (Å²) in [5.74, 6) is -0.273. The molecule has 3 heteroatoms. The first-order valence-electron chi connectivity index (χ1n) is 7.00. The van der Waals surface area contributed by atoms with Crippen molar-refractivity contribution in [3.63, 3.8) is 0 Å². The predicted octanol–water partition coefficient (Wildman–Crippen LogP) is 5.00. The molecule has 0 aromatic heterocycles. The molecule has 0 aliphatic carbocycles. The molecule has 1 unspecified atom stereocenters. The van der Waals surface area contributed by atoms with Gasteiger partial charge in [-0.15, -0.1) is 0 Å². The van der Waals surface area contributed by atoms with Crippen molar-refractivity contribution < 1.29 is 9.50 Å². The molecule has 0 heterocycles. The second-order valence-corrected chi connectivity index (χ2v) is 7.49. The summed E-state index contributed by atoms with van der Waals surface area (Å²) in [6, 6.07) is 12.8. The summed E-state index contributed by atoms with van der Waals surface area (Å²) >= 11 is 2.06. The quantitative estimate of drug-likeness (QED) is 0.722. The number of hydrogen-bond donors (Lipinski definition) is 1. The van der Waals surface area contributed by atoms with Crippen LogP contribution in [0.25, 0.3) is 0 Å². The summed E-state index contributed by atoms with van der Waals surface area (Å²) < 4.78 is 13.9. The van der Waals surface area contributed by atoms with E-state index in [0.717, 1.165) is 14.7 Å². The SMILES string of the molecule is CC(C)(C)c1ccc(CC(O)c2ccc(F)cc2I)cc1. The van der Waals surface area contributed by atoms with Gasteiger partial charge >= 0.3 is 0 Å². The lowest BCUT2D eigenvalue weighted by atomic mass is 9.86. The summed E-state index contributed by atoms with van der Waals surface area (Å²) in [4.78, 5) is 0. The van der Waals surface area contributed by atoms with Gasteiger partial charge in [-0.1, -0.05) is 51.1 Å². The van der Waals surface area contributed by atoms with Gasteiger partial charge in [-0.05, 0) is 56.8 Å². The fourth-order valence-electron chi connectivity index (χ4n) is 2.25. The standard InChI is InChI=1S/C18H20FIO/c1-18(2,3)13-6-4-12(5-7-13)10-17(21)15-9-8-14(19)11-16(15)20/h4-9,11,17,21H,10H2,1-3H3. The molecule has 1 N–H and O–H groups in total. The minimum Gasteiger partial charge on any atom is -0.388 e. The van der Waals surface area contributed by atoms with Crippen LogP contribution in [0.4, 0.5) is 4.39 Å². The molecule has 1 nitrogen and oxygen atoms in total. The Morgan fingerprint density at radius 1 is 1.10 bits per heavy atom. The van der Waals surface area contributed by atoms with Gasteiger partial charge in [-0.25, -0.2) is 4.39 Å². The minimum absolute atomic E-state index is 0.128. The van der Waals surface area contributed by atoms with E-state index in [1.54, 1.807) is 6.07 Å². The van der Waals surface area contributed by atoms with Gasteiger partial charge in [-0.3, -0.25) is 0 Å². The Labute approximate surface area is 139 Å². The molecule has 2 rings (SSSR count). The zero-order valence-electron chi connectivity index (χ0n) is 12.5. The second-order valence-electron chi connectivity index (χ2n) is 6.33. The smallest absolute Gasteiger partial charge is 0.124 e. The zero-order chi connectivity index (χ0) is 15.6. The van der Waals surface area contributed by atoms with Crippen LogP contribution in [0.3, 0.4) is 0 Å². The molecule has 2 aromatic carbocycles. The number of halogens is 2. The molecule has 1 atom stereocenters. The third-order valence-corrected chi connectivity index (χ3v) is 4.50. The molecule has 0 amide bonds. The first-order valence-corrected chi connectivity index (χ1v) is 8.07. The fraction of sp³-hybridized carbons (Fsp3) is 0.333. The predicted molar refractivity (Wildman–Crippen MR) is 92.9 cm³/mol. The first kappa shape index (κ1) is 16.4. The summed E-state index contributed by atoms with van der Waals surface area (Å²) in [7, 11) is 0. The summed E-state index contributed by atoms with van der Waals surface area (Å²) in [6.45, 7) is 6.53. The highest BCUT2D eigenvalue weighted by Crippen LogP contribution is 2.26.